The third-order valence-electron chi connectivity index (χ3n) is 7.61. The van der Waals surface area contributed by atoms with Crippen LogP contribution in [0.2, 0.25) is 0 Å². The molecule has 1 rings (SSSR count). The Balaban J connectivity index is 2.37. The van der Waals surface area contributed by atoms with Crippen LogP contribution < -0.4 is 21.3 Å². The molecule has 0 aliphatic carbocycles. The quantitative estimate of drug-likeness (QED) is 0.129. The van der Waals surface area contributed by atoms with Gasteiger partial charge in [-0.25, -0.2) is 19.2 Å². The Morgan fingerprint density at radius 2 is 0.814 bits per heavy atom. The van der Waals surface area contributed by atoms with Crippen molar-refractivity contribution in [3.63, 3.8) is 0 Å². The van der Waals surface area contributed by atoms with Gasteiger partial charge in [0, 0.05) is 45.8 Å². The van der Waals surface area contributed by atoms with Crippen molar-refractivity contribution in [2.24, 2.45) is 0 Å². The van der Waals surface area contributed by atoms with Crippen LogP contribution >= 0.6 is 0 Å². The van der Waals surface area contributed by atoms with Crippen LogP contribution in [0.5, 0.6) is 0 Å². The standard InChI is InChI=1S/C36H64BN5O17/c37-30(43)25-42-11-19-56-33(46)28-54-26-31(44)38-7-15-50-21-23-52-17-9-40-35(48)58-13-5-3-1-2-4-6-14-59-36(49)41-10-18-53-24-22-51-16-8-39-32(45)27-55-29-34(47)57-20-12-42/h1-29,37H2,(H,38,44)(H,39,45)(H,40,48)(H,41,49). The Kier molecular flexibility index (Phi) is 34.2. The zero-order valence-corrected chi connectivity index (χ0v) is 34.4. The largest absolute Gasteiger partial charge is 0.463 e. The fraction of sp³-hybridized carbons (Fsp3) is 0.806. The van der Waals surface area contributed by atoms with Gasteiger partial charge in [-0.2, -0.15) is 0 Å². The number of nitrogens with one attached hydrogen (secondary N) is 4. The van der Waals surface area contributed by atoms with Crippen molar-refractivity contribution in [3.05, 3.63) is 0 Å². The Bertz CT molecular complexity index is 1110. The maximum Gasteiger partial charge on any atom is 0.407 e. The first-order valence-corrected chi connectivity index (χ1v) is 20.0. The van der Waals surface area contributed by atoms with Gasteiger partial charge in [0.15, 0.2) is 7.85 Å². The molecule has 4 amide bonds. The van der Waals surface area contributed by atoms with Gasteiger partial charge in [0.2, 0.25) is 11.8 Å². The number of esters is 2. The molecule has 0 bridgehead atoms. The first-order chi connectivity index (χ1) is 28.7. The van der Waals surface area contributed by atoms with Gasteiger partial charge in [-0.15, -0.1) is 0 Å². The monoisotopic (exact) mass is 849 g/mol. The van der Waals surface area contributed by atoms with E-state index in [-0.39, 0.29) is 118 Å². The highest BCUT2D eigenvalue weighted by molar-refractivity contribution is 6.58. The molecule has 0 saturated carbocycles. The molecule has 1 aliphatic rings. The second-order valence-corrected chi connectivity index (χ2v) is 12.8. The van der Waals surface area contributed by atoms with Crippen LogP contribution in [0, 0.1) is 0 Å². The van der Waals surface area contributed by atoms with Crippen LogP contribution in [0.15, 0.2) is 0 Å². The number of carbonyl (C=O) groups excluding carboxylic acids is 7. The molecule has 23 heteroatoms. The average molecular weight is 850 g/mol. The average Bonchev–Trinajstić information content (AvgIpc) is 3.19. The summed E-state index contributed by atoms with van der Waals surface area (Å²) in [7, 11) is 1.39. The Morgan fingerprint density at radius 3 is 1.20 bits per heavy atom. The van der Waals surface area contributed by atoms with Gasteiger partial charge in [-0.1, -0.05) is 25.7 Å². The van der Waals surface area contributed by atoms with Crippen molar-refractivity contribution in [2.45, 2.75) is 38.5 Å². The third-order valence-corrected chi connectivity index (χ3v) is 7.61. The van der Waals surface area contributed by atoms with Gasteiger partial charge in [-0.3, -0.25) is 14.5 Å². The second-order valence-electron chi connectivity index (χ2n) is 12.8. The van der Waals surface area contributed by atoms with Crippen molar-refractivity contribution in [1.82, 2.24) is 26.2 Å². The number of ether oxygens (including phenoxy) is 10. The first kappa shape index (κ1) is 52.9. The molecule has 0 radical (unpaired) electrons. The Morgan fingerprint density at radius 1 is 0.441 bits per heavy atom. The van der Waals surface area contributed by atoms with Crippen LogP contribution in [0.1, 0.15) is 38.5 Å². The molecule has 0 aromatic rings. The Labute approximate surface area is 346 Å². The summed E-state index contributed by atoms with van der Waals surface area (Å²) in [5.41, 5.74) is -0.151. The summed E-state index contributed by atoms with van der Waals surface area (Å²) in [5.74, 6) is -2.31. The highest BCUT2D eigenvalue weighted by Gasteiger charge is 2.13. The van der Waals surface area contributed by atoms with Gasteiger partial charge in [0.1, 0.15) is 39.6 Å². The molecule has 4 N–H and O–H groups in total. The van der Waals surface area contributed by atoms with E-state index in [2.05, 4.69) is 21.3 Å². The molecule has 0 aromatic heterocycles. The summed E-state index contributed by atoms with van der Waals surface area (Å²) in [4.78, 5) is 84.9. The van der Waals surface area contributed by atoms with Crippen LogP contribution in [0.25, 0.3) is 0 Å². The molecule has 1 fully saturated rings. The normalized spacial score (nSPS) is 21.4. The predicted octanol–water partition coefficient (Wildman–Crippen LogP) is -2.33. The summed E-state index contributed by atoms with van der Waals surface area (Å²) in [6.07, 6.45) is 4.24. The molecule has 22 nitrogen and oxygen atoms in total. The lowest BCUT2D eigenvalue weighted by molar-refractivity contribution is -0.150. The zero-order chi connectivity index (χ0) is 43.0. The van der Waals surface area contributed by atoms with Gasteiger partial charge < -0.3 is 73.4 Å². The number of alkyl carbamates (subject to hydrolysis) is 2. The molecule has 1 aliphatic heterocycles. The lowest BCUT2D eigenvalue weighted by Crippen LogP contribution is -2.37. The fourth-order valence-electron chi connectivity index (χ4n) is 4.76. The van der Waals surface area contributed by atoms with Crippen LogP contribution in [0.4, 0.5) is 9.59 Å². The smallest absolute Gasteiger partial charge is 0.407 e. The van der Waals surface area contributed by atoms with E-state index in [0.29, 0.717) is 26.4 Å². The van der Waals surface area contributed by atoms with Gasteiger partial charge in [0.25, 0.3) is 0 Å². The lowest BCUT2D eigenvalue weighted by Gasteiger charge is -2.20. The summed E-state index contributed by atoms with van der Waals surface area (Å²) in [6.45, 7) is 2.34. The van der Waals surface area contributed by atoms with E-state index < -0.39 is 49.2 Å². The highest BCUT2D eigenvalue weighted by Crippen LogP contribution is 2.06. The molecule has 59 heavy (non-hydrogen) atoms. The number of cyclic esters (lactones) is 4. The SMILES string of the molecule is BC(=O)CN1CCOC(=O)COCC(=O)NCCOCCOCCNC(=O)OCCCCCCCCOC(=O)NCCOCCOCCNC(=O)COCC(=O)OCC1. The number of carbonyl (C=O) groups is 7. The van der Waals surface area contributed by atoms with E-state index in [0.717, 1.165) is 38.5 Å². The predicted molar refractivity (Wildman–Crippen MR) is 209 cm³/mol. The maximum atomic E-state index is 12.0. The fourth-order valence-corrected chi connectivity index (χ4v) is 4.76. The van der Waals surface area contributed by atoms with E-state index in [4.69, 9.17) is 47.4 Å². The molecule has 338 valence electrons. The van der Waals surface area contributed by atoms with Crippen LogP contribution in [-0.4, -0.2) is 206 Å². The van der Waals surface area contributed by atoms with Crippen molar-refractivity contribution in [3.8, 4) is 0 Å². The van der Waals surface area contributed by atoms with Crippen molar-refractivity contribution in [1.29, 1.82) is 0 Å². The minimum absolute atomic E-state index is 0.0286. The molecule has 1 saturated heterocycles. The number of hydrogen-bond acceptors (Lipinski definition) is 18. The van der Waals surface area contributed by atoms with Crippen molar-refractivity contribution < 1.29 is 80.9 Å². The van der Waals surface area contributed by atoms with Gasteiger partial charge >= 0.3 is 24.1 Å². The molecule has 0 spiro atoms. The zero-order valence-electron chi connectivity index (χ0n) is 34.4. The first-order valence-electron chi connectivity index (χ1n) is 20.0. The van der Waals surface area contributed by atoms with E-state index >= 15 is 0 Å². The summed E-state index contributed by atoms with van der Waals surface area (Å²) >= 11 is 0. The molecular formula is C36H64BN5O17. The van der Waals surface area contributed by atoms with Gasteiger partial charge in [0.05, 0.1) is 71.8 Å². The number of nitrogens with zero attached hydrogens (tertiary/aromatic N) is 1. The van der Waals surface area contributed by atoms with Crippen LogP contribution in [0.3, 0.4) is 0 Å². The maximum absolute atomic E-state index is 12.0. The molecule has 0 atom stereocenters. The third kappa shape index (κ3) is 36.7. The topological polar surface area (TPSA) is 263 Å². The van der Waals surface area contributed by atoms with E-state index in [9.17, 15) is 33.6 Å². The van der Waals surface area contributed by atoms with E-state index in [1.165, 1.54) is 7.85 Å². The van der Waals surface area contributed by atoms with Crippen LogP contribution in [-0.2, 0) is 71.3 Å². The second kappa shape index (κ2) is 38.1. The molecule has 0 unspecified atom stereocenters. The summed E-state index contributed by atoms with van der Waals surface area (Å²) in [5, 5.41) is 10.4. The summed E-state index contributed by atoms with van der Waals surface area (Å²) in [6, 6.07) is 0. The Hall–Kier alpha value is -4.13. The molecular weight excluding hydrogens is 785 g/mol. The minimum Gasteiger partial charge on any atom is -0.463 e. The number of amides is 4. The number of hydrogen-bond donors (Lipinski definition) is 4. The summed E-state index contributed by atoms with van der Waals surface area (Å²) < 4.78 is 52.3. The van der Waals surface area contributed by atoms with Gasteiger partial charge in [-0.05, 0) is 12.8 Å². The number of rotatable bonds is 2. The van der Waals surface area contributed by atoms with E-state index in [1.807, 2.05) is 0 Å². The highest BCUT2D eigenvalue weighted by atomic mass is 16.6. The minimum atomic E-state index is -0.705. The lowest BCUT2D eigenvalue weighted by atomic mass is 10.0. The van der Waals surface area contributed by atoms with Crippen molar-refractivity contribution >= 4 is 49.5 Å². The molecule has 0 aromatic carbocycles. The van der Waals surface area contributed by atoms with E-state index in [1.54, 1.807) is 4.90 Å². The molecule has 1 heterocycles. The van der Waals surface area contributed by atoms with Crippen molar-refractivity contribution in [2.75, 3.05) is 152 Å².